The molecule has 0 radical (unpaired) electrons. The summed E-state index contributed by atoms with van der Waals surface area (Å²) < 4.78 is 0. The molecule has 0 aliphatic rings. The molecule has 0 aromatic carbocycles. The van der Waals surface area contributed by atoms with Crippen molar-refractivity contribution in [3.05, 3.63) is 0 Å². The Morgan fingerprint density at radius 2 is 2.00 bits per heavy atom. The first-order valence-electron chi connectivity index (χ1n) is 2.18. The van der Waals surface area contributed by atoms with Crippen molar-refractivity contribution in [2.45, 2.75) is 6.92 Å². The maximum Gasteiger partial charge on any atom is 0.401 e. The molecule has 3 nitrogen and oxygen atoms in total. The highest BCUT2D eigenvalue weighted by Crippen LogP contribution is 1.67. The number of halogens is 1. The molecule has 8 heavy (non-hydrogen) atoms. The van der Waals surface area contributed by atoms with E-state index in [0.717, 1.165) is 6.54 Å². The van der Waals surface area contributed by atoms with E-state index >= 15 is 0 Å². The summed E-state index contributed by atoms with van der Waals surface area (Å²) in [6.45, 7) is 3.14. The fourth-order valence-electron chi connectivity index (χ4n) is 0. The van der Waals surface area contributed by atoms with Crippen molar-refractivity contribution in [3.8, 4) is 0 Å². The van der Waals surface area contributed by atoms with Gasteiger partial charge in [0.1, 0.15) is 0 Å². The lowest BCUT2D eigenvalue weighted by molar-refractivity contribution is 0.220. The van der Waals surface area contributed by atoms with Crippen molar-refractivity contribution in [3.63, 3.8) is 0 Å². The van der Waals surface area contributed by atoms with Gasteiger partial charge >= 0.3 is 5.43 Å². The zero-order chi connectivity index (χ0) is 6.99. The number of nitrogens with one attached hydrogen (secondary N) is 1. The van der Waals surface area contributed by atoms with Crippen molar-refractivity contribution in [1.29, 1.82) is 0 Å². The van der Waals surface area contributed by atoms with E-state index in [9.17, 15) is 0 Å². The third-order valence-electron chi connectivity index (χ3n) is 0.354. The van der Waals surface area contributed by atoms with E-state index in [0.29, 0.717) is 0 Å². The average molecular weight is 140 g/mol. The van der Waals surface area contributed by atoms with E-state index < -0.39 is 5.43 Å². The number of carbonyl (C=O) groups is 1. The SMILES string of the molecule is CCNC.O=C(O)Cl. The summed E-state index contributed by atoms with van der Waals surface area (Å²) in [7, 11) is 1.93. The molecule has 0 aliphatic carbocycles. The van der Waals surface area contributed by atoms with Crippen LogP contribution in [0.15, 0.2) is 0 Å². The maximum absolute atomic E-state index is 8.77. The molecule has 0 atom stereocenters. The first-order valence-corrected chi connectivity index (χ1v) is 2.56. The fraction of sp³-hybridized carbons (Fsp3) is 0.750. The molecule has 0 aliphatic heterocycles. The van der Waals surface area contributed by atoms with Gasteiger partial charge in [-0.25, -0.2) is 4.79 Å². The Balaban J connectivity index is 0. The maximum atomic E-state index is 8.77. The minimum absolute atomic E-state index is 1.07. The first kappa shape index (κ1) is 10.7. The minimum Gasteiger partial charge on any atom is -0.469 e. The van der Waals surface area contributed by atoms with Crippen LogP contribution in [-0.2, 0) is 0 Å². The summed E-state index contributed by atoms with van der Waals surface area (Å²) in [6, 6.07) is 0. The van der Waals surface area contributed by atoms with Crippen LogP contribution < -0.4 is 5.32 Å². The van der Waals surface area contributed by atoms with Gasteiger partial charge in [0.15, 0.2) is 0 Å². The lowest BCUT2D eigenvalue weighted by Crippen LogP contribution is -2.01. The zero-order valence-corrected chi connectivity index (χ0v) is 5.70. The summed E-state index contributed by atoms with van der Waals surface area (Å²) in [4.78, 5) is 8.77. The standard InChI is InChI=1S/C3H9N.CHClO2/c1-3-4-2;2-1(3)4/h4H,3H2,1-2H3;(H,3,4). The van der Waals surface area contributed by atoms with Crippen LogP contribution in [0.2, 0.25) is 0 Å². The quantitative estimate of drug-likeness (QED) is 0.536. The molecule has 0 spiro atoms. The van der Waals surface area contributed by atoms with E-state index in [1.807, 2.05) is 7.05 Å². The number of hydrogen-bond donors (Lipinski definition) is 2. The Morgan fingerprint density at radius 3 is 2.00 bits per heavy atom. The second kappa shape index (κ2) is 9.87. The third kappa shape index (κ3) is 246. The smallest absolute Gasteiger partial charge is 0.401 e. The number of carboxylic acid groups (broad SMARTS) is 1. The summed E-state index contributed by atoms with van der Waals surface area (Å²) in [5, 5.41) is 10.1. The summed E-state index contributed by atoms with van der Waals surface area (Å²) >= 11 is 4.19. The number of hydrogen-bond acceptors (Lipinski definition) is 2. The molecular weight excluding hydrogens is 130 g/mol. The molecule has 0 amide bonds. The molecule has 0 saturated heterocycles. The van der Waals surface area contributed by atoms with Crippen molar-refractivity contribution in [1.82, 2.24) is 5.32 Å². The van der Waals surface area contributed by atoms with E-state index in [1.54, 1.807) is 0 Å². The van der Waals surface area contributed by atoms with Crippen molar-refractivity contribution < 1.29 is 9.90 Å². The summed E-state index contributed by atoms with van der Waals surface area (Å²) in [5.74, 6) is 0. The van der Waals surface area contributed by atoms with Gasteiger partial charge in [-0.1, -0.05) is 6.92 Å². The van der Waals surface area contributed by atoms with Gasteiger partial charge in [-0.2, -0.15) is 0 Å². The van der Waals surface area contributed by atoms with Crippen LogP contribution in [0.3, 0.4) is 0 Å². The predicted molar refractivity (Wildman–Crippen MR) is 33.5 cm³/mol. The monoisotopic (exact) mass is 139 g/mol. The second-order valence-electron chi connectivity index (χ2n) is 0.960. The molecule has 2 N–H and O–H groups in total. The lowest BCUT2D eigenvalue weighted by Gasteiger charge is -1.76. The van der Waals surface area contributed by atoms with E-state index in [-0.39, 0.29) is 0 Å². The van der Waals surface area contributed by atoms with E-state index in [1.165, 1.54) is 0 Å². The van der Waals surface area contributed by atoms with Crippen LogP contribution in [-0.4, -0.2) is 24.1 Å². The van der Waals surface area contributed by atoms with Crippen molar-refractivity contribution >= 4 is 17.0 Å². The molecule has 0 rings (SSSR count). The summed E-state index contributed by atoms with van der Waals surface area (Å²) in [6.07, 6.45) is 0. The molecule has 0 saturated carbocycles. The molecule has 50 valence electrons. The van der Waals surface area contributed by atoms with Crippen molar-refractivity contribution in [2.24, 2.45) is 0 Å². The second-order valence-corrected chi connectivity index (χ2v) is 1.28. The van der Waals surface area contributed by atoms with Crippen LogP contribution in [0.1, 0.15) is 6.92 Å². The largest absolute Gasteiger partial charge is 0.469 e. The van der Waals surface area contributed by atoms with Gasteiger partial charge < -0.3 is 10.4 Å². The van der Waals surface area contributed by atoms with E-state index in [2.05, 4.69) is 23.8 Å². The van der Waals surface area contributed by atoms with Gasteiger partial charge in [0.05, 0.1) is 0 Å². The topological polar surface area (TPSA) is 49.3 Å². The van der Waals surface area contributed by atoms with Crippen LogP contribution in [0, 0.1) is 0 Å². The molecule has 4 heteroatoms. The molecule has 0 unspecified atom stereocenters. The van der Waals surface area contributed by atoms with E-state index in [4.69, 9.17) is 9.90 Å². The van der Waals surface area contributed by atoms with Gasteiger partial charge in [-0.05, 0) is 13.6 Å². The number of rotatable bonds is 1. The van der Waals surface area contributed by atoms with Crippen LogP contribution in [0.4, 0.5) is 4.79 Å². The summed E-state index contributed by atoms with van der Waals surface area (Å²) in [5.41, 5.74) is -1.36. The molecule has 0 fully saturated rings. The molecular formula is C4H10ClNO2. The molecule has 0 aromatic heterocycles. The Bertz CT molecular complexity index is 52.0. The Kier molecular flexibility index (Phi) is 13.1. The fourth-order valence-corrected chi connectivity index (χ4v) is 0. The Labute approximate surface area is 53.6 Å². The third-order valence-corrected chi connectivity index (χ3v) is 0.354. The van der Waals surface area contributed by atoms with Crippen molar-refractivity contribution in [2.75, 3.05) is 13.6 Å². The van der Waals surface area contributed by atoms with Gasteiger partial charge in [-0.3, -0.25) is 0 Å². The normalized spacial score (nSPS) is 6.88. The highest BCUT2D eigenvalue weighted by molar-refractivity contribution is 6.60. The molecule has 0 heterocycles. The molecule has 0 aromatic rings. The van der Waals surface area contributed by atoms with Crippen LogP contribution in [0.5, 0.6) is 0 Å². The Morgan fingerprint density at radius 1 is 1.88 bits per heavy atom. The lowest BCUT2D eigenvalue weighted by atomic mass is 10.8. The predicted octanol–water partition coefficient (Wildman–Crippen LogP) is 1.13. The zero-order valence-electron chi connectivity index (χ0n) is 4.94. The minimum atomic E-state index is -1.36. The van der Waals surface area contributed by atoms with Gasteiger partial charge in [0.25, 0.3) is 0 Å². The van der Waals surface area contributed by atoms with Crippen LogP contribution in [0.25, 0.3) is 0 Å². The van der Waals surface area contributed by atoms with Gasteiger partial charge in [0.2, 0.25) is 0 Å². The average Bonchev–Trinajstić information content (AvgIpc) is 1.65. The first-order chi connectivity index (χ1) is 3.65. The van der Waals surface area contributed by atoms with Gasteiger partial charge in [0, 0.05) is 11.6 Å². The Hall–Kier alpha value is -0.280. The highest BCUT2D eigenvalue weighted by atomic mass is 35.5. The van der Waals surface area contributed by atoms with Gasteiger partial charge in [-0.15, -0.1) is 0 Å². The van der Waals surface area contributed by atoms with Crippen LogP contribution >= 0.6 is 11.6 Å². The molecule has 0 bridgehead atoms. The highest BCUT2D eigenvalue weighted by Gasteiger charge is 1.71.